The first-order valence-corrected chi connectivity index (χ1v) is 5.46. The largest absolute Gasteiger partial charge is 0.388 e. The molecule has 88 valence electrons. The Balaban J connectivity index is 2.24. The van der Waals surface area contributed by atoms with Crippen LogP contribution in [0.1, 0.15) is 24.8 Å². The van der Waals surface area contributed by atoms with Crippen molar-refractivity contribution in [3.8, 4) is 0 Å². The minimum Gasteiger partial charge on any atom is -0.388 e. The molecule has 1 aromatic rings. The van der Waals surface area contributed by atoms with E-state index < -0.39 is 0 Å². The first-order valence-electron chi connectivity index (χ1n) is 5.46. The zero-order valence-corrected chi connectivity index (χ0v) is 9.49. The molecule has 3 N–H and O–H groups in total. The fourth-order valence-electron chi connectivity index (χ4n) is 1.51. The summed E-state index contributed by atoms with van der Waals surface area (Å²) in [5.41, 5.74) is 4.00. The number of hydrogen-bond acceptors (Lipinski definition) is 3. The molecule has 0 aromatic heterocycles. The van der Waals surface area contributed by atoms with E-state index in [0.29, 0.717) is 6.42 Å². The summed E-state index contributed by atoms with van der Waals surface area (Å²) in [5.74, 6) is -0.314. The molecule has 0 saturated carbocycles. The number of rotatable bonds is 6. The maximum absolute atomic E-state index is 10.7. The van der Waals surface area contributed by atoms with E-state index in [4.69, 9.17) is 5.21 Å². The third kappa shape index (κ3) is 4.31. The van der Waals surface area contributed by atoms with Crippen molar-refractivity contribution in [2.24, 2.45) is 0 Å². The number of anilines is 1. The Labute approximate surface area is 95.6 Å². The van der Waals surface area contributed by atoms with Crippen molar-refractivity contribution in [2.45, 2.75) is 25.7 Å². The van der Waals surface area contributed by atoms with E-state index in [2.05, 4.69) is 17.4 Å². The molecule has 0 spiro atoms. The molecule has 1 rings (SSSR count). The molecular weight excluding hydrogens is 204 g/mol. The predicted molar refractivity (Wildman–Crippen MR) is 63.5 cm³/mol. The Hall–Kier alpha value is -1.55. The van der Waals surface area contributed by atoms with Gasteiger partial charge in [0.25, 0.3) is 0 Å². The second kappa shape index (κ2) is 6.85. The molecule has 0 atom stereocenters. The van der Waals surface area contributed by atoms with E-state index in [0.717, 1.165) is 24.9 Å². The number of carbonyl (C=O) groups is 1. The van der Waals surface area contributed by atoms with Gasteiger partial charge in [0, 0.05) is 19.2 Å². The van der Waals surface area contributed by atoms with Gasteiger partial charge in [0.1, 0.15) is 0 Å². The van der Waals surface area contributed by atoms with Crippen LogP contribution in [0.4, 0.5) is 5.69 Å². The van der Waals surface area contributed by atoms with Crippen LogP contribution in [0.25, 0.3) is 0 Å². The summed E-state index contributed by atoms with van der Waals surface area (Å²) >= 11 is 0. The van der Waals surface area contributed by atoms with Crippen LogP contribution in [-0.4, -0.2) is 18.2 Å². The molecule has 0 aliphatic rings. The quantitative estimate of drug-likeness (QED) is 0.391. The Morgan fingerprint density at radius 1 is 1.25 bits per heavy atom. The average Bonchev–Trinajstić information content (AvgIpc) is 2.35. The number of amides is 1. The molecule has 0 fully saturated rings. The summed E-state index contributed by atoms with van der Waals surface area (Å²) in [4.78, 5) is 10.7. The fraction of sp³-hybridized carbons (Fsp3) is 0.417. The van der Waals surface area contributed by atoms with Crippen LogP contribution in [0, 0.1) is 0 Å². The molecule has 0 unspecified atom stereocenters. The van der Waals surface area contributed by atoms with Crippen molar-refractivity contribution in [3.63, 3.8) is 0 Å². The monoisotopic (exact) mass is 222 g/mol. The van der Waals surface area contributed by atoms with Gasteiger partial charge in [0.15, 0.2) is 0 Å². The maximum Gasteiger partial charge on any atom is 0.243 e. The van der Waals surface area contributed by atoms with Gasteiger partial charge in [-0.05, 0) is 37.0 Å². The lowest BCUT2D eigenvalue weighted by molar-refractivity contribution is -0.129. The zero-order valence-electron chi connectivity index (χ0n) is 9.49. The Kier molecular flexibility index (Phi) is 5.36. The van der Waals surface area contributed by atoms with Gasteiger partial charge in [0.2, 0.25) is 5.91 Å². The van der Waals surface area contributed by atoms with Crippen molar-refractivity contribution >= 4 is 11.6 Å². The molecule has 0 bridgehead atoms. The highest BCUT2D eigenvalue weighted by Gasteiger charge is 1.99. The second-order valence-electron chi connectivity index (χ2n) is 3.69. The minimum absolute atomic E-state index is 0.314. The SMILES string of the molecule is CNc1ccc(CCCCC(=O)NO)cc1. The first-order chi connectivity index (χ1) is 7.76. The fourth-order valence-corrected chi connectivity index (χ4v) is 1.51. The minimum atomic E-state index is -0.314. The van der Waals surface area contributed by atoms with Gasteiger partial charge < -0.3 is 5.32 Å². The van der Waals surface area contributed by atoms with Crippen molar-refractivity contribution in [1.29, 1.82) is 0 Å². The number of unbranched alkanes of at least 4 members (excludes halogenated alkanes) is 1. The van der Waals surface area contributed by atoms with Crippen LogP contribution in [0.2, 0.25) is 0 Å². The van der Waals surface area contributed by atoms with Gasteiger partial charge in [-0.15, -0.1) is 0 Å². The summed E-state index contributed by atoms with van der Waals surface area (Å²) in [6.07, 6.45) is 3.08. The molecule has 0 aliphatic carbocycles. The average molecular weight is 222 g/mol. The predicted octanol–water partition coefficient (Wildman–Crippen LogP) is 1.95. The molecule has 0 saturated heterocycles. The number of hydroxylamine groups is 1. The van der Waals surface area contributed by atoms with Crippen LogP contribution >= 0.6 is 0 Å². The van der Waals surface area contributed by atoms with Crippen LogP contribution in [-0.2, 0) is 11.2 Å². The lowest BCUT2D eigenvalue weighted by Gasteiger charge is -2.03. The second-order valence-corrected chi connectivity index (χ2v) is 3.69. The van der Waals surface area contributed by atoms with E-state index in [-0.39, 0.29) is 5.91 Å². The zero-order chi connectivity index (χ0) is 11.8. The first kappa shape index (κ1) is 12.5. The van der Waals surface area contributed by atoms with Crippen LogP contribution in [0.5, 0.6) is 0 Å². The Morgan fingerprint density at radius 3 is 2.50 bits per heavy atom. The summed E-state index contributed by atoms with van der Waals surface area (Å²) < 4.78 is 0. The van der Waals surface area contributed by atoms with Crippen LogP contribution < -0.4 is 10.8 Å². The lowest BCUT2D eigenvalue weighted by atomic mass is 10.1. The van der Waals surface area contributed by atoms with Crippen molar-refractivity contribution in [1.82, 2.24) is 5.48 Å². The summed E-state index contributed by atoms with van der Waals surface area (Å²) in [6, 6.07) is 8.24. The van der Waals surface area contributed by atoms with E-state index in [9.17, 15) is 4.79 Å². The third-order valence-electron chi connectivity index (χ3n) is 2.49. The van der Waals surface area contributed by atoms with Gasteiger partial charge in [-0.25, -0.2) is 5.48 Å². The third-order valence-corrected chi connectivity index (χ3v) is 2.49. The molecule has 0 heterocycles. The Morgan fingerprint density at radius 2 is 1.94 bits per heavy atom. The van der Waals surface area contributed by atoms with Crippen LogP contribution in [0.15, 0.2) is 24.3 Å². The highest BCUT2D eigenvalue weighted by atomic mass is 16.5. The highest BCUT2D eigenvalue weighted by Crippen LogP contribution is 2.11. The Bertz CT molecular complexity index is 322. The molecule has 4 heteroatoms. The summed E-state index contributed by atoms with van der Waals surface area (Å²) in [5, 5.41) is 11.4. The van der Waals surface area contributed by atoms with E-state index in [1.807, 2.05) is 19.2 Å². The van der Waals surface area contributed by atoms with Gasteiger partial charge in [-0.1, -0.05) is 12.1 Å². The summed E-state index contributed by atoms with van der Waals surface area (Å²) in [6.45, 7) is 0. The van der Waals surface area contributed by atoms with Gasteiger partial charge >= 0.3 is 0 Å². The van der Waals surface area contributed by atoms with E-state index >= 15 is 0 Å². The maximum atomic E-state index is 10.7. The standard InChI is InChI=1S/C12H18N2O2/c1-13-11-8-6-10(7-9-11)4-2-3-5-12(15)14-16/h6-9,13,16H,2-5H2,1H3,(H,14,15). The molecule has 0 radical (unpaired) electrons. The number of benzene rings is 1. The van der Waals surface area contributed by atoms with Crippen molar-refractivity contribution in [2.75, 3.05) is 12.4 Å². The van der Waals surface area contributed by atoms with Gasteiger partial charge in [-0.3, -0.25) is 10.0 Å². The van der Waals surface area contributed by atoms with E-state index in [1.54, 1.807) is 5.48 Å². The molecular formula is C12H18N2O2. The number of hydrogen-bond donors (Lipinski definition) is 3. The molecule has 1 amide bonds. The summed E-state index contributed by atoms with van der Waals surface area (Å²) in [7, 11) is 1.89. The smallest absolute Gasteiger partial charge is 0.243 e. The lowest BCUT2D eigenvalue weighted by Crippen LogP contribution is -2.17. The number of nitrogens with one attached hydrogen (secondary N) is 2. The molecule has 0 aliphatic heterocycles. The van der Waals surface area contributed by atoms with Crippen molar-refractivity contribution in [3.05, 3.63) is 29.8 Å². The molecule has 4 nitrogen and oxygen atoms in total. The van der Waals surface area contributed by atoms with Gasteiger partial charge in [0.05, 0.1) is 0 Å². The number of carbonyl (C=O) groups excluding carboxylic acids is 1. The van der Waals surface area contributed by atoms with Crippen LogP contribution in [0.3, 0.4) is 0 Å². The topological polar surface area (TPSA) is 61.4 Å². The molecule has 16 heavy (non-hydrogen) atoms. The van der Waals surface area contributed by atoms with Gasteiger partial charge in [-0.2, -0.15) is 0 Å². The highest BCUT2D eigenvalue weighted by molar-refractivity contribution is 5.74. The number of aryl methyl sites for hydroxylation is 1. The molecule has 1 aromatic carbocycles. The normalized spacial score (nSPS) is 9.88. The van der Waals surface area contributed by atoms with E-state index in [1.165, 1.54) is 5.56 Å². The van der Waals surface area contributed by atoms with Crippen molar-refractivity contribution < 1.29 is 10.0 Å².